The van der Waals surface area contributed by atoms with Crippen molar-refractivity contribution in [2.45, 2.75) is 25.3 Å². The summed E-state index contributed by atoms with van der Waals surface area (Å²) in [7, 11) is -3.78. The topological polar surface area (TPSA) is 89.8 Å². The quantitative estimate of drug-likeness (QED) is 0.316. The van der Waals surface area contributed by atoms with E-state index in [-0.39, 0.29) is 4.90 Å². The zero-order valence-electron chi connectivity index (χ0n) is 19.2. The van der Waals surface area contributed by atoms with Crippen LogP contribution in [0.15, 0.2) is 76.6 Å². The van der Waals surface area contributed by atoms with E-state index in [0.717, 1.165) is 15.8 Å². The third-order valence-electron chi connectivity index (χ3n) is 5.21. The van der Waals surface area contributed by atoms with Crippen LogP contribution in [0.1, 0.15) is 22.8 Å². The molecular formula is C25H24ClN3O4S2. The molecule has 0 saturated heterocycles. The van der Waals surface area contributed by atoms with Gasteiger partial charge in [-0.05, 0) is 80.1 Å². The first-order chi connectivity index (χ1) is 16.8. The smallest absolute Gasteiger partial charge is 0.279 e. The molecule has 0 unspecified atom stereocenters. The van der Waals surface area contributed by atoms with Gasteiger partial charge in [0.15, 0.2) is 4.80 Å². The molecule has 1 heterocycles. The number of amides is 1. The van der Waals surface area contributed by atoms with Crippen LogP contribution in [-0.4, -0.2) is 32.1 Å². The van der Waals surface area contributed by atoms with E-state index in [1.54, 1.807) is 12.1 Å². The second-order valence-electron chi connectivity index (χ2n) is 7.76. The molecule has 3 aromatic carbocycles. The Morgan fingerprint density at radius 1 is 1.09 bits per heavy atom. The van der Waals surface area contributed by atoms with E-state index in [1.807, 2.05) is 30.5 Å². The van der Waals surface area contributed by atoms with E-state index in [0.29, 0.717) is 40.8 Å². The number of fused-ring (bicyclic) bond motifs is 1. The van der Waals surface area contributed by atoms with Gasteiger partial charge >= 0.3 is 0 Å². The van der Waals surface area contributed by atoms with Crippen LogP contribution in [0.2, 0.25) is 5.02 Å². The van der Waals surface area contributed by atoms with Crippen molar-refractivity contribution >= 4 is 54.8 Å². The van der Waals surface area contributed by atoms with Crippen LogP contribution in [0.5, 0.6) is 0 Å². The number of carbonyl (C=O) groups is 1. The average molecular weight is 530 g/mol. The van der Waals surface area contributed by atoms with Gasteiger partial charge in [0.2, 0.25) is 0 Å². The van der Waals surface area contributed by atoms with Crippen molar-refractivity contribution < 1.29 is 17.9 Å². The van der Waals surface area contributed by atoms with Crippen LogP contribution >= 0.6 is 22.9 Å². The lowest BCUT2D eigenvalue weighted by atomic mass is 10.2. The molecule has 1 N–H and O–H groups in total. The molecule has 4 aromatic rings. The van der Waals surface area contributed by atoms with Gasteiger partial charge in [0.05, 0.1) is 21.7 Å². The summed E-state index contributed by atoms with van der Waals surface area (Å²) in [5.74, 6) is -0.412. The predicted molar refractivity (Wildman–Crippen MR) is 140 cm³/mol. The van der Waals surface area contributed by atoms with Crippen molar-refractivity contribution in [3.8, 4) is 0 Å². The number of rotatable bonds is 8. The van der Waals surface area contributed by atoms with Gasteiger partial charge in [-0.1, -0.05) is 29.0 Å². The summed E-state index contributed by atoms with van der Waals surface area (Å²) in [4.78, 5) is 18.0. The molecule has 0 aliphatic carbocycles. The molecule has 0 saturated carbocycles. The van der Waals surface area contributed by atoms with Crippen molar-refractivity contribution in [2.24, 2.45) is 4.99 Å². The lowest BCUT2D eigenvalue weighted by Crippen LogP contribution is -2.19. The highest BCUT2D eigenvalue weighted by Crippen LogP contribution is 2.21. The molecule has 0 spiro atoms. The van der Waals surface area contributed by atoms with Crippen LogP contribution in [0.25, 0.3) is 10.2 Å². The number of anilines is 1. The lowest BCUT2D eigenvalue weighted by molar-refractivity contribution is 0.0996. The zero-order chi connectivity index (χ0) is 25.0. The first-order valence-corrected chi connectivity index (χ1v) is 13.6. The summed E-state index contributed by atoms with van der Waals surface area (Å²) in [6, 6.07) is 18.2. The summed E-state index contributed by atoms with van der Waals surface area (Å²) < 4.78 is 36.2. The highest BCUT2D eigenvalue weighted by atomic mass is 35.5. The van der Waals surface area contributed by atoms with Gasteiger partial charge < -0.3 is 9.30 Å². The highest BCUT2D eigenvalue weighted by Gasteiger charge is 2.15. The molecule has 0 atom stereocenters. The first-order valence-electron chi connectivity index (χ1n) is 10.9. The van der Waals surface area contributed by atoms with E-state index in [2.05, 4.69) is 15.8 Å². The Bertz CT molecular complexity index is 1520. The second kappa shape index (κ2) is 10.7. The van der Waals surface area contributed by atoms with Crippen molar-refractivity contribution in [1.29, 1.82) is 0 Å². The number of nitrogens with one attached hydrogen (secondary N) is 1. The number of aryl methyl sites for hydroxylation is 1. The standard InChI is InChI=1S/C25H24ClN3O4S2/c1-3-33-15-14-29-22-13-4-17(2)16-23(22)34-25(29)27-24(30)18-5-9-20(10-6-18)28-35(31,32)21-11-7-19(26)8-12-21/h4-13,16,28H,3,14-15H2,1-2H3. The Labute approximate surface area is 212 Å². The Hall–Kier alpha value is -2.98. The number of benzene rings is 3. The van der Waals surface area contributed by atoms with E-state index >= 15 is 0 Å². The Kier molecular flexibility index (Phi) is 7.71. The lowest BCUT2D eigenvalue weighted by Gasteiger charge is -2.08. The third-order valence-corrected chi connectivity index (χ3v) is 7.90. The number of carbonyl (C=O) groups excluding carboxylic acids is 1. The van der Waals surface area contributed by atoms with Crippen molar-refractivity contribution in [3.05, 3.63) is 87.7 Å². The maximum absolute atomic E-state index is 12.9. The van der Waals surface area contributed by atoms with Crippen LogP contribution in [0, 0.1) is 6.92 Å². The minimum atomic E-state index is -3.78. The molecule has 1 aromatic heterocycles. The zero-order valence-corrected chi connectivity index (χ0v) is 21.6. The maximum Gasteiger partial charge on any atom is 0.279 e. The van der Waals surface area contributed by atoms with E-state index in [1.165, 1.54) is 47.7 Å². The number of thiazole rings is 1. The average Bonchev–Trinajstić information content (AvgIpc) is 3.15. The van der Waals surface area contributed by atoms with Gasteiger partial charge in [0.1, 0.15) is 0 Å². The first kappa shape index (κ1) is 25.1. The number of hydrogen-bond donors (Lipinski definition) is 1. The number of halogens is 1. The SMILES string of the molecule is CCOCCn1c(=NC(=O)c2ccc(NS(=O)(=O)c3ccc(Cl)cc3)cc2)sc2cc(C)ccc21. The summed E-state index contributed by atoms with van der Waals surface area (Å²) in [6.45, 7) is 5.66. The number of ether oxygens (including phenoxy) is 1. The molecular weight excluding hydrogens is 506 g/mol. The highest BCUT2D eigenvalue weighted by molar-refractivity contribution is 7.92. The fourth-order valence-electron chi connectivity index (χ4n) is 3.44. The molecule has 0 aliphatic rings. The molecule has 0 aliphatic heterocycles. The Balaban J connectivity index is 1.58. The minimum absolute atomic E-state index is 0.0914. The summed E-state index contributed by atoms with van der Waals surface area (Å²) in [6.07, 6.45) is 0. The maximum atomic E-state index is 12.9. The number of nitrogens with zero attached hydrogens (tertiary/aromatic N) is 2. The largest absolute Gasteiger partial charge is 0.380 e. The summed E-state index contributed by atoms with van der Waals surface area (Å²) in [5, 5.41) is 0.448. The summed E-state index contributed by atoms with van der Waals surface area (Å²) >= 11 is 7.28. The van der Waals surface area contributed by atoms with E-state index in [9.17, 15) is 13.2 Å². The molecule has 35 heavy (non-hydrogen) atoms. The van der Waals surface area contributed by atoms with E-state index in [4.69, 9.17) is 16.3 Å². The van der Waals surface area contributed by atoms with Gasteiger partial charge in [0, 0.05) is 29.4 Å². The third kappa shape index (κ3) is 5.99. The molecule has 1 amide bonds. The van der Waals surface area contributed by atoms with Crippen molar-refractivity contribution in [2.75, 3.05) is 17.9 Å². The van der Waals surface area contributed by atoms with Gasteiger partial charge in [-0.2, -0.15) is 4.99 Å². The second-order valence-corrected chi connectivity index (χ2v) is 10.9. The Morgan fingerprint density at radius 2 is 1.80 bits per heavy atom. The fraction of sp³-hybridized carbons (Fsp3) is 0.200. The van der Waals surface area contributed by atoms with Gasteiger partial charge in [0.25, 0.3) is 15.9 Å². The fourth-order valence-corrected chi connectivity index (χ4v) is 5.78. The molecule has 7 nitrogen and oxygen atoms in total. The van der Waals surface area contributed by atoms with Crippen LogP contribution < -0.4 is 9.52 Å². The predicted octanol–water partition coefficient (Wildman–Crippen LogP) is 5.24. The molecule has 0 fully saturated rings. The molecule has 10 heteroatoms. The number of hydrogen-bond acceptors (Lipinski definition) is 5. The van der Waals surface area contributed by atoms with Gasteiger partial charge in [-0.25, -0.2) is 8.42 Å². The molecule has 182 valence electrons. The summed E-state index contributed by atoms with van der Waals surface area (Å²) in [5.41, 5.74) is 2.81. The van der Waals surface area contributed by atoms with Crippen LogP contribution in [0.4, 0.5) is 5.69 Å². The van der Waals surface area contributed by atoms with E-state index < -0.39 is 15.9 Å². The van der Waals surface area contributed by atoms with Crippen LogP contribution in [-0.2, 0) is 21.3 Å². The van der Waals surface area contributed by atoms with Crippen molar-refractivity contribution in [3.63, 3.8) is 0 Å². The van der Waals surface area contributed by atoms with Crippen LogP contribution in [0.3, 0.4) is 0 Å². The molecule has 0 radical (unpaired) electrons. The van der Waals surface area contributed by atoms with Gasteiger partial charge in [-0.15, -0.1) is 0 Å². The normalized spacial score (nSPS) is 12.3. The molecule has 0 bridgehead atoms. The van der Waals surface area contributed by atoms with Crippen molar-refractivity contribution in [1.82, 2.24) is 4.57 Å². The monoisotopic (exact) mass is 529 g/mol. The number of aromatic nitrogens is 1. The Morgan fingerprint density at radius 3 is 2.49 bits per heavy atom. The number of sulfonamides is 1. The molecule has 4 rings (SSSR count). The van der Waals surface area contributed by atoms with Gasteiger partial charge in [-0.3, -0.25) is 9.52 Å². The minimum Gasteiger partial charge on any atom is -0.380 e.